The number of hydrogen-bond acceptors (Lipinski definition) is 4. The number of hydrazine groups is 1. The van der Waals surface area contributed by atoms with Crippen molar-refractivity contribution in [1.82, 2.24) is 5.43 Å². The normalized spacial score (nSPS) is 14.8. The van der Waals surface area contributed by atoms with E-state index in [0.29, 0.717) is 0 Å². The number of rotatable bonds is 6. The highest BCUT2D eigenvalue weighted by molar-refractivity contribution is 7.10. The molecule has 0 bridgehead atoms. The number of aryl methyl sites for hydroxylation is 2. The first-order valence-corrected chi connectivity index (χ1v) is 8.46. The number of hydrogen-bond donors (Lipinski definition) is 2. The predicted molar refractivity (Wildman–Crippen MR) is 87.7 cm³/mol. The van der Waals surface area contributed by atoms with Crippen LogP contribution in [0.5, 0.6) is 5.75 Å². The molecule has 3 N–H and O–H groups in total. The van der Waals surface area contributed by atoms with Gasteiger partial charge in [0.15, 0.2) is 0 Å². The van der Waals surface area contributed by atoms with Gasteiger partial charge in [0.05, 0.1) is 12.6 Å². The third-order valence-corrected chi connectivity index (χ3v) is 5.23. The van der Waals surface area contributed by atoms with Crippen LogP contribution >= 0.6 is 11.3 Å². The lowest BCUT2D eigenvalue weighted by Gasteiger charge is -2.16. The van der Waals surface area contributed by atoms with Gasteiger partial charge in [-0.25, -0.2) is 0 Å². The molecule has 1 aromatic heterocycles. The molecule has 0 radical (unpaired) electrons. The molecule has 1 aliphatic rings. The third kappa shape index (κ3) is 3.12. The second kappa shape index (κ2) is 6.60. The summed E-state index contributed by atoms with van der Waals surface area (Å²) in [6.07, 6.45) is 4.15. The van der Waals surface area contributed by atoms with Crippen LogP contribution in [0.15, 0.2) is 29.6 Å². The van der Waals surface area contributed by atoms with E-state index in [1.165, 1.54) is 21.6 Å². The van der Waals surface area contributed by atoms with Crippen LogP contribution in [0.1, 0.15) is 41.0 Å². The molecule has 4 heteroatoms. The van der Waals surface area contributed by atoms with Crippen molar-refractivity contribution in [2.45, 2.75) is 38.6 Å². The van der Waals surface area contributed by atoms with Crippen molar-refractivity contribution < 1.29 is 4.74 Å². The predicted octanol–water partition coefficient (Wildman–Crippen LogP) is 3.38. The molecule has 0 fully saturated rings. The Labute approximate surface area is 130 Å². The molecule has 0 saturated carbocycles. The smallest absolute Gasteiger partial charge is 0.122 e. The first-order chi connectivity index (χ1) is 10.3. The van der Waals surface area contributed by atoms with Gasteiger partial charge in [0.1, 0.15) is 5.75 Å². The van der Waals surface area contributed by atoms with Gasteiger partial charge in [-0.05, 0) is 53.5 Å². The highest BCUT2D eigenvalue weighted by atomic mass is 32.1. The number of benzene rings is 1. The van der Waals surface area contributed by atoms with Crippen molar-refractivity contribution in [3.8, 4) is 5.75 Å². The number of nitrogens with one attached hydrogen (secondary N) is 1. The summed E-state index contributed by atoms with van der Waals surface area (Å²) in [6.45, 7) is 3.01. The Morgan fingerprint density at radius 2 is 2.29 bits per heavy atom. The van der Waals surface area contributed by atoms with E-state index in [0.717, 1.165) is 38.0 Å². The van der Waals surface area contributed by atoms with Crippen molar-refractivity contribution in [3.05, 3.63) is 51.2 Å². The Balaban J connectivity index is 1.68. The Morgan fingerprint density at radius 3 is 3.10 bits per heavy atom. The summed E-state index contributed by atoms with van der Waals surface area (Å²) < 4.78 is 5.56. The fourth-order valence-corrected chi connectivity index (χ4v) is 4.03. The van der Waals surface area contributed by atoms with E-state index >= 15 is 0 Å². The van der Waals surface area contributed by atoms with Crippen LogP contribution in [0, 0.1) is 0 Å². The van der Waals surface area contributed by atoms with E-state index < -0.39 is 0 Å². The van der Waals surface area contributed by atoms with Gasteiger partial charge in [0.2, 0.25) is 0 Å². The van der Waals surface area contributed by atoms with Crippen LogP contribution in [-0.2, 0) is 19.3 Å². The lowest BCUT2D eigenvalue weighted by atomic mass is 10.00. The molecule has 0 spiro atoms. The topological polar surface area (TPSA) is 47.3 Å². The van der Waals surface area contributed by atoms with E-state index in [9.17, 15) is 0 Å². The fourth-order valence-electron chi connectivity index (χ4n) is 2.94. The molecule has 3 nitrogen and oxygen atoms in total. The van der Waals surface area contributed by atoms with Crippen molar-refractivity contribution in [2.24, 2.45) is 5.84 Å². The summed E-state index contributed by atoms with van der Waals surface area (Å²) in [5.41, 5.74) is 7.11. The monoisotopic (exact) mass is 302 g/mol. The number of thiophene rings is 1. The second-order valence-electron chi connectivity index (χ2n) is 5.46. The van der Waals surface area contributed by atoms with Crippen LogP contribution in [0.3, 0.4) is 0 Å². The Hall–Kier alpha value is -1.36. The molecule has 3 rings (SSSR count). The minimum Gasteiger partial charge on any atom is -0.493 e. The minimum atomic E-state index is 0.240. The lowest BCUT2D eigenvalue weighted by molar-refractivity contribution is 0.357. The molecule has 1 unspecified atom stereocenters. The van der Waals surface area contributed by atoms with Gasteiger partial charge < -0.3 is 4.74 Å². The summed E-state index contributed by atoms with van der Waals surface area (Å²) in [5, 5.41) is 2.16. The largest absolute Gasteiger partial charge is 0.493 e. The Kier molecular flexibility index (Phi) is 4.58. The third-order valence-electron chi connectivity index (χ3n) is 4.15. The van der Waals surface area contributed by atoms with Gasteiger partial charge in [-0.15, -0.1) is 11.3 Å². The van der Waals surface area contributed by atoms with Crippen LogP contribution in [0.2, 0.25) is 0 Å². The van der Waals surface area contributed by atoms with Crippen LogP contribution < -0.4 is 16.0 Å². The van der Waals surface area contributed by atoms with E-state index in [1.807, 2.05) is 0 Å². The van der Waals surface area contributed by atoms with E-state index in [4.69, 9.17) is 10.6 Å². The fraction of sp³-hybridized carbons (Fsp3) is 0.412. The molecule has 2 aromatic rings. The number of ether oxygens (including phenoxy) is 1. The van der Waals surface area contributed by atoms with Gasteiger partial charge >= 0.3 is 0 Å². The van der Waals surface area contributed by atoms with E-state index in [-0.39, 0.29) is 6.04 Å². The van der Waals surface area contributed by atoms with Crippen molar-refractivity contribution >= 4 is 11.3 Å². The first kappa shape index (κ1) is 14.6. The molecule has 0 saturated heterocycles. The van der Waals surface area contributed by atoms with Crippen LogP contribution in [-0.4, -0.2) is 6.61 Å². The van der Waals surface area contributed by atoms with Crippen molar-refractivity contribution in [3.63, 3.8) is 0 Å². The Morgan fingerprint density at radius 1 is 1.38 bits per heavy atom. The zero-order valence-corrected chi connectivity index (χ0v) is 13.2. The molecular weight excluding hydrogens is 280 g/mol. The molecule has 112 valence electrons. The van der Waals surface area contributed by atoms with Gasteiger partial charge in [-0.2, -0.15) is 0 Å². The molecule has 21 heavy (non-hydrogen) atoms. The number of fused-ring (bicyclic) bond motifs is 1. The van der Waals surface area contributed by atoms with Gasteiger partial charge in [0, 0.05) is 11.3 Å². The first-order valence-electron chi connectivity index (χ1n) is 7.58. The molecular formula is C17H22N2OS. The number of nitrogens with two attached hydrogens (primary N) is 1. The summed E-state index contributed by atoms with van der Waals surface area (Å²) in [7, 11) is 0. The Bertz CT molecular complexity index is 609. The molecule has 2 heterocycles. The van der Waals surface area contributed by atoms with Gasteiger partial charge in [-0.1, -0.05) is 19.1 Å². The zero-order valence-electron chi connectivity index (χ0n) is 12.4. The maximum atomic E-state index is 5.78. The summed E-state index contributed by atoms with van der Waals surface area (Å²) in [5.74, 6) is 6.83. The summed E-state index contributed by atoms with van der Waals surface area (Å²) >= 11 is 1.80. The van der Waals surface area contributed by atoms with Crippen LogP contribution in [0.25, 0.3) is 0 Å². The quantitative estimate of drug-likeness (QED) is 0.635. The van der Waals surface area contributed by atoms with Gasteiger partial charge in [0.25, 0.3) is 0 Å². The maximum Gasteiger partial charge on any atom is 0.122 e. The second-order valence-corrected chi connectivity index (χ2v) is 6.41. The van der Waals surface area contributed by atoms with E-state index in [1.54, 1.807) is 11.3 Å². The minimum absolute atomic E-state index is 0.240. The van der Waals surface area contributed by atoms with Crippen molar-refractivity contribution in [1.29, 1.82) is 0 Å². The van der Waals surface area contributed by atoms with Gasteiger partial charge in [-0.3, -0.25) is 11.3 Å². The summed E-state index contributed by atoms with van der Waals surface area (Å²) in [6, 6.07) is 9.00. The molecule has 1 aliphatic heterocycles. The van der Waals surface area contributed by atoms with Crippen molar-refractivity contribution in [2.75, 3.05) is 6.61 Å². The highest BCUT2D eigenvalue weighted by Gasteiger charge is 2.16. The average molecular weight is 302 g/mol. The standard InChI is InChI=1S/C17H22N2OS/c1-2-13-8-10-21-17(13)15(19-18)5-3-12-4-6-16-14(11-12)7-9-20-16/h4,6,8,10-11,15,19H,2-3,5,7,9,18H2,1H3. The molecule has 0 aliphatic carbocycles. The SMILES string of the molecule is CCc1ccsc1C(CCc1ccc2c(c1)CCO2)NN. The van der Waals surface area contributed by atoms with E-state index in [2.05, 4.69) is 42.0 Å². The molecule has 1 atom stereocenters. The average Bonchev–Trinajstić information content (AvgIpc) is 3.16. The molecule has 1 aromatic carbocycles. The summed E-state index contributed by atoms with van der Waals surface area (Å²) in [4.78, 5) is 1.38. The molecule has 0 amide bonds. The lowest BCUT2D eigenvalue weighted by Crippen LogP contribution is -2.28. The van der Waals surface area contributed by atoms with Crippen LogP contribution in [0.4, 0.5) is 0 Å². The zero-order chi connectivity index (χ0) is 14.7. The maximum absolute atomic E-state index is 5.78. The highest BCUT2D eigenvalue weighted by Crippen LogP contribution is 2.30.